The molecule has 2 N–H and O–H groups in total. The average molecular weight is 381 g/mol. The van der Waals surface area contributed by atoms with E-state index in [4.69, 9.17) is 9.47 Å². The van der Waals surface area contributed by atoms with Gasteiger partial charge in [-0.05, 0) is 55.2 Å². The van der Waals surface area contributed by atoms with Crippen LogP contribution in [0.1, 0.15) is 28.4 Å². The monoisotopic (exact) mass is 381 g/mol. The quantitative estimate of drug-likeness (QED) is 0.652. The number of methoxy groups -OCH3 is 2. The molecule has 8 heteroatoms. The Morgan fingerprint density at radius 2 is 1.93 bits per heavy atom. The molecule has 3 aromatic rings. The number of carbonyl (C=O) groups is 1. The van der Waals surface area contributed by atoms with Crippen LogP contribution in [0, 0.1) is 13.8 Å². The van der Waals surface area contributed by atoms with Gasteiger partial charge in [-0.25, -0.2) is 0 Å². The molecule has 1 amide bonds. The Bertz CT molecular complexity index is 956. The second-order valence-electron chi connectivity index (χ2n) is 6.49. The SMILES string of the molecule is COc1ccc(C[C@H](C(=O)Nc2ccc(C)c(C)c2)c2nn[nH]n2)c(OC)c1. The van der Waals surface area contributed by atoms with Crippen molar-refractivity contribution in [3.63, 3.8) is 0 Å². The minimum absolute atomic E-state index is 0.220. The summed E-state index contributed by atoms with van der Waals surface area (Å²) in [5, 5.41) is 17.0. The van der Waals surface area contributed by atoms with Gasteiger partial charge in [0.25, 0.3) is 0 Å². The van der Waals surface area contributed by atoms with E-state index < -0.39 is 5.92 Å². The maximum atomic E-state index is 13.0. The molecule has 146 valence electrons. The minimum atomic E-state index is -0.636. The fourth-order valence-corrected chi connectivity index (χ4v) is 2.91. The third-order valence-electron chi connectivity index (χ3n) is 4.68. The maximum Gasteiger partial charge on any atom is 0.235 e. The third kappa shape index (κ3) is 4.28. The number of aromatic nitrogens is 4. The molecule has 0 bridgehead atoms. The van der Waals surface area contributed by atoms with Gasteiger partial charge in [0.2, 0.25) is 5.91 Å². The summed E-state index contributed by atoms with van der Waals surface area (Å²) in [6, 6.07) is 11.3. The van der Waals surface area contributed by atoms with Gasteiger partial charge < -0.3 is 14.8 Å². The van der Waals surface area contributed by atoms with Gasteiger partial charge in [-0.1, -0.05) is 17.3 Å². The molecule has 1 atom stereocenters. The summed E-state index contributed by atoms with van der Waals surface area (Å²) in [5.74, 6) is 0.771. The number of H-pyrrole nitrogens is 1. The van der Waals surface area contributed by atoms with Gasteiger partial charge in [-0.2, -0.15) is 5.21 Å². The number of tetrazole rings is 1. The molecule has 3 rings (SSSR count). The number of nitrogens with one attached hydrogen (secondary N) is 2. The molecule has 0 unspecified atom stereocenters. The molecule has 0 aliphatic heterocycles. The molecular formula is C20H23N5O3. The predicted molar refractivity (Wildman–Crippen MR) is 105 cm³/mol. The van der Waals surface area contributed by atoms with Crippen molar-refractivity contribution in [3.8, 4) is 11.5 Å². The van der Waals surface area contributed by atoms with Crippen molar-refractivity contribution >= 4 is 11.6 Å². The molecule has 0 saturated heterocycles. The van der Waals surface area contributed by atoms with E-state index in [9.17, 15) is 4.79 Å². The Kier molecular flexibility index (Phi) is 5.88. The second-order valence-corrected chi connectivity index (χ2v) is 6.49. The third-order valence-corrected chi connectivity index (χ3v) is 4.68. The van der Waals surface area contributed by atoms with E-state index in [2.05, 4.69) is 25.9 Å². The molecule has 8 nitrogen and oxygen atoms in total. The number of amides is 1. The summed E-state index contributed by atoms with van der Waals surface area (Å²) in [6.07, 6.45) is 0.351. The number of aromatic amines is 1. The van der Waals surface area contributed by atoms with Crippen LogP contribution in [0.4, 0.5) is 5.69 Å². The van der Waals surface area contributed by atoms with Crippen LogP contribution in [0.5, 0.6) is 11.5 Å². The first-order valence-electron chi connectivity index (χ1n) is 8.84. The molecule has 0 spiro atoms. The molecule has 0 radical (unpaired) electrons. The highest BCUT2D eigenvalue weighted by atomic mass is 16.5. The van der Waals surface area contributed by atoms with Gasteiger partial charge in [0.1, 0.15) is 17.4 Å². The Labute approximate surface area is 163 Å². The van der Waals surface area contributed by atoms with Crippen LogP contribution in [0.15, 0.2) is 36.4 Å². The summed E-state index contributed by atoms with van der Waals surface area (Å²) in [5.41, 5.74) is 3.83. The van der Waals surface area contributed by atoms with E-state index in [1.165, 1.54) is 0 Å². The lowest BCUT2D eigenvalue weighted by molar-refractivity contribution is -0.117. The number of rotatable bonds is 7. The molecule has 0 fully saturated rings. The van der Waals surface area contributed by atoms with Crippen molar-refractivity contribution in [2.24, 2.45) is 0 Å². The van der Waals surface area contributed by atoms with Crippen molar-refractivity contribution in [1.29, 1.82) is 0 Å². The van der Waals surface area contributed by atoms with E-state index >= 15 is 0 Å². The van der Waals surface area contributed by atoms with Crippen molar-refractivity contribution in [2.75, 3.05) is 19.5 Å². The average Bonchev–Trinajstić information content (AvgIpc) is 3.23. The molecule has 1 aromatic heterocycles. The van der Waals surface area contributed by atoms with E-state index in [-0.39, 0.29) is 5.91 Å². The number of benzene rings is 2. The Morgan fingerprint density at radius 3 is 2.57 bits per heavy atom. The van der Waals surface area contributed by atoms with Gasteiger partial charge in [-0.15, -0.1) is 10.2 Å². The highest BCUT2D eigenvalue weighted by molar-refractivity contribution is 5.95. The molecule has 0 aliphatic rings. The summed E-state index contributed by atoms with van der Waals surface area (Å²) < 4.78 is 10.7. The molecule has 1 heterocycles. The molecular weight excluding hydrogens is 358 g/mol. The minimum Gasteiger partial charge on any atom is -0.497 e. The number of anilines is 1. The van der Waals surface area contributed by atoms with Gasteiger partial charge in [-0.3, -0.25) is 4.79 Å². The summed E-state index contributed by atoms with van der Waals surface area (Å²) in [7, 11) is 3.17. The van der Waals surface area contributed by atoms with Crippen molar-refractivity contribution < 1.29 is 14.3 Å². The Morgan fingerprint density at radius 1 is 1.11 bits per heavy atom. The molecule has 2 aromatic carbocycles. The number of hydrogen-bond donors (Lipinski definition) is 2. The molecule has 0 saturated carbocycles. The van der Waals surface area contributed by atoms with Crippen LogP contribution in [0.2, 0.25) is 0 Å². The fraction of sp³-hybridized carbons (Fsp3) is 0.300. The topological polar surface area (TPSA) is 102 Å². The van der Waals surface area contributed by atoms with E-state index in [1.807, 2.05) is 44.2 Å². The highest BCUT2D eigenvalue weighted by Gasteiger charge is 2.27. The number of nitrogens with zero attached hydrogens (tertiary/aromatic N) is 3. The van der Waals surface area contributed by atoms with Crippen LogP contribution in [0.3, 0.4) is 0 Å². The van der Waals surface area contributed by atoms with Crippen molar-refractivity contribution in [3.05, 3.63) is 58.9 Å². The van der Waals surface area contributed by atoms with Crippen LogP contribution < -0.4 is 14.8 Å². The van der Waals surface area contributed by atoms with Crippen molar-refractivity contribution in [2.45, 2.75) is 26.2 Å². The second kappa shape index (κ2) is 8.51. The first-order chi connectivity index (χ1) is 13.5. The fourth-order valence-electron chi connectivity index (χ4n) is 2.91. The Hall–Kier alpha value is -3.42. The van der Waals surface area contributed by atoms with Crippen LogP contribution in [-0.2, 0) is 11.2 Å². The lowest BCUT2D eigenvalue weighted by atomic mass is 9.96. The van der Waals surface area contributed by atoms with E-state index in [0.29, 0.717) is 23.7 Å². The van der Waals surface area contributed by atoms with E-state index in [0.717, 1.165) is 22.4 Å². The normalized spacial score (nSPS) is 11.7. The zero-order valence-corrected chi connectivity index (χ0v) is 16.3. The highest BCUT2D eigenvalue weighted by Crippen LogP contribution is 2.29. The first-order valence-corrected chi connectivity index (χ1v) is 8.84. The maximum absolute atomic E-state index is 13.0. The summed E-state index contributed by atoms with van der Waals surface area (Å²) in [4.78, 5) is 13.0. The lowest BCUT2D eigenvalue weighted by Gasteiger charge is -2.16. The van der Waals surface area contributed by atoms with E-state index in [1.54, 1.807) is 20.3 Å². The van der Waals surface area contributed by atoms with Gasteiger partial charge in [0.15, 0.2) is 5.82 Å². The summed E-state index contributed by atoms with van der Waals surface area (Å²) >= 11 is 0. The number of aryl methyl sites for hydroxylation is 2. The molecule has 0 aliphatic carbocycles. The van der Waals surface area contributed by atoms with Gasteiger partial charge in [0, 0.05) is 11.8 Å². The first kappa shape index (κ1) is 19.3. The van der Waals surface area contributed by atoms with Crippen LogP contribution in [-0.4, -0.2) is 40.8 Å². The zero-order chi connectivity index (χ0) is 20.1. The number of hydrogen-bond acceptors (Lipinski definition) is 6. The molecule has 28 heavy (non-hydrogen) atoms. The Balaban J connectivity index is 1.87. The zero-order valence-electron chi connectivity index (χ0n) is 16.3. The van der Waals surface area contributed by atoms with Crippen molar-refractivity contribution in [1.82, 2.24) is 20.6 Å². The number of ether oxygens (including phenoxy) is 2. The largest absolute Gasteiger partial charge is 0.497 e. The van der Waals surface area contributed by atoms with Gasteiger partial charge >= 0.3 is 0 Å². The van der Waals surface area contributed by atoms with Gasteiger partial charge in [0.05, 0.1) is 14.2 Å². The number of carbonyl (C=O) groups excluding carboxylic acids is 1. The predicted octanol–water partition coefficient (Wildman–Crippen LogP) is 2.80. The lowest BCUT2D eigenvalue weighted by Crippen LogP contribution is -2.24. The van der Waals surface area contributed by atoms with Crippen LogP contribution >= 0.6 is 0 Å². The summed E-state index contributed by atoms with van der Waals surface area (Å²) in [6.45, 7) is 4.03. The smallest absolute Gasteiger partial charge is 0.235 e. The van der Waals surface area contributed by atoms with Crippen LogP contribution in [0.25, 0.3) is 0 Å². The standard InChI is InChI=1S/C20H23N5O3/c1-12-5-7-15(9-13(12)2)21-20(26)17(19-22-24-25-23-19)10-14-6-8-16(27-3)11-18(14)28-4/h5-9,11,17H,10H2,1-4H3,(H,21,26)(H,22,23,24,25)/t17-/m0/s1.